The van der Waals surface area contributed by atoms with Crippen LogP contribution >= 0.6 is 0 Å². The quantitative estimate of drug-likeness (QED) is 0.404. The van der Waals surface area contributed by atoms with Crippen LogP contribution in [0, 0.1) is 0 Å². The van der Waals surface area contributed by atoms with Crippen molar-refractivity contribution in [2.75, 3.05) is 7.11 Å². The van der Waals surface area contributed by atoms with E-state index in [9.17, 15) is 0 Å². The van der Waals surface area contributed by atoms with Crippen LogP contribution in [0.1, 0.15) is 0 Å². The summed E-state index contributed by atoms with van der Waals surface area (Å²) in [7, 11) is 1.70. The molecule has 0 aliphatic heterocycles. The first-order chi connectivity index (χ1) is 12.4. The van der Waals surface area contributed by atoms with Crippen molar-refractivity contribution in [2.24, 2.45) is 0 Å². The Balaban J connectivity index is 1.91. The second-order valence-electron chi connectivity index (χ2n) is 5.81. The van der Waals surface area contributed by atoms with E-state index >= 15 is 0 Å². The van der Waals surface area contributed by atoms with Crippen molar-refractivity contribution in [2.45, 2.75) is 0 Å². The molecule has 0 radical (unpaired) electrons. The Morgan fingerprint density at radius 2 is 1.24 bits per heavy atom. The Hall–Kier alpha value is -2.54. The van der Waals surface area contributed by atoms with Crippen LogP contribution < -0.4 is 4.74 Å². The van der Waals surface area contributed by atoms with E-state index in [0.717, 1.165) is 5.75 Å². The van der Waals surface area contributed by atoms with Crippen LogP contribution in [0.3, 0.4) is 0 Å². The summed E-state index contributed by atoms with van der Waals surface area (Å²) in [5.41, 5.74) is 6.53. The van der Waals surface area contributed by atoms with Gasteiger partial charge in [0, 0.05) is 0 Å². The average molecular weight is 389 g/mol. The third-order valence-electron chi connectivity index (χ3n) is 4.29. The maximum atomic E-state index is 5.31. The van der Waals surface area contributed by atoms with Crippen molar-refractivity contribution < 1.29 is 4.74 Å². The summed E-state index contributed by atoms with van der Waals surface area (Å²) in [6.45, 7) is 0. The van der Waals surface area contributed by atoms with Crippen molar-refractivity contribution in [1.82, 2.24) is 0 Å². The number of methoxy groups -OCH3 is 1. The topological polar surface area (TPSA) is 9.23 Å². The van der Waals surface area contributed by atoms with E-state index in [2.05, 4.69) is 77.7 Å². The van der Waals surface area contributed by atoms with E-state index in [1.165, 1.54) is 32.3 Å². The van der Waals surface area contributed by atoms with Crippen molar-refractivity contribution in [3.05, 3.63) is 89.9 Å². The van der Waals surface area contributed by atoms with Gasteiger partial charge >= 0.3 is 154 Å². The van der Waals surface area contributed by atoms with Gasteiger partial charge in [-0.2, -0.15) is 0 Å². The molecule has 3 aromatic carbocycles. The molecule has 0 aliphatic rings. The van der Waals surface area contributed by atoms with Crippen LogP contribution in [0.4, 0.5) is 0 Å². The fraction of sp³-hybridized carbons (Fsp3) is 0.0435. The van der Waals surface area contributed by atoms with E-state index in [0.29, 0.717) is 14.5 Å². The standard InChI is InChI=1S/C23H18OSe/c1-24-20-14-12-17(13-15-20)21-16-25-23(19-10-6-3-7-11-19)22(21)18-8-4-2-5-9-18/h2-16H,1H3. The molecule has 0 saturated heterocycles. The fourth-order valence-electron chi connectivity index (χ4n) is 3.03. The molecule has 1 aromatic heterocycles. The first kappa shape index (κ1) is 16.0. The predicted octanol–water partition coefficient (Wildman–Crippen LogP) is 5.75. The van der Waals surface area contributed by atoms with Gasteiger partial charge in [0.2, 0.25) is 0 Å². The molecule has 2 heteroatoms. The molecule has 4 rings (SSSR count). The summed E-state index contributed by atoms with van der Waals surface area (Å²) < 4.78 is 6.76. The monoisotopic (exact) mass is 390 g/mol. The van der Waals surface area contributed by atoms with Gasteiger partial charge in [-0.15, -0.1) is 0 Å². The van der Waals surface area contributed by atoms with Gasteiger partial charge in [0.1, 0.15) is 0 Å². The summed E-state index contributed by atoms with van der Waals surface area (Å²) in [6, 6.07) is 29.8. The van der Waals surface area contributed by atoms with Gasteiger partial charge in [-0.3, -0.25) is 0 Å². The zero-order valence-corrected chi connectivity index (χ0v) is 15.7. The van der Waals surface area contributed by atoms with Gasteiger partial charge in [-0.25, -0.2) is 0 Å². The van der Waals surface area contributed by atoms with Gasteiger partial charge in [0.25, 0.3) is 0 Å². The molecule has 0 spiro atoms. The Kier molecular flexibility index (Phi) is 4.56. The summed E-state index contributed by atoms with van der Waals surface area (Å²) >= 11 is 0.321. The molecule has 1 heterocycles. The summed E-state index contributed by atoms with van der Waals surface area (Å²) in [6.07, 6.45) is 0. The molecule has 0 aliphatic carbocycles. The Morgan fingerprint density at radius 3 is 1.84 bits per heavy atom. The zero-order valence-electron chi connectivity index (χ0n) is 14.0. The van der Waals surface area contributed by atoms with Crippen molar-refractivity contribution in [3.8, 4) is 38.0 Å². The molecule has 25 heavy (non-hydrogen) atoms. The van der Waals surface area contributed by atoms with Crippen LogP contribution in [0.5, 0.6) is 5.75 Å². The predicted molar refractivity (Wildman–Crippen MR) is 106 cm³/mol. The van der Waals surface area contributed by atoms with E-state index < -0.39 is 0 Å². The van der Waals surface area contributed by atoms with Gasteiger partial charge in [0.05, 0.1) is 0 Å². The van der Waals surface area contributed by atoms with E-state index in [-0.39, 0.29) is 0 Å². The van der Waals surface area contributed by atoms with Crippen molar-refractivity contribution in [1.29, 1.82) is 0 Å². The SMILES string of the molecule is COc1ccc(-c2c[se]c(-c3ccccc3)c2-c2ccccc2)cc1. The fourth-order valence-corrected chi connectivity index (χ4v) is 5.36. The summed E-state index contributed by atoms with van der Waals surface area (Å²) in [5, 5.41) is 0. The molecule has 1 nitrogen and oxygen atoms in total. The minimum atomic E-state index is 0.321. The Bertz CT molecular complexity index is 954. The van der Waals surface area contributed by atoms with E-state index in [4.69, 9.17) is 4.74 Å². The first-order valence-electron chi connectivity index (χ1n) is 8.23. The Morgan fingerprint density at radius 1 is 0.640 bits per heavy atom. The normalized spacial score (nSPS) is 10.6. The molecule has 0 saturated carbocycles. The van der Waals surface area contributed by atoms with Crippen LogP contribution in [-0.4, -0.2) is 21.6 Å². The zero-order chi connectivity index (χ0) is 17.1. The van der Waals surface area contributed by atoms with Gasteiger partial charge in [-0.05, 0) is 0 Å². The average Bonchev–Trinajstić information content (AvgIpc) is 3.14. The third-order valence-corrected chi connectivity index (χ3v) is 6.45. The van der Waals surface area contributed by atoms with Crippen molar-refractivity contribution in [3.63, 3.8) is 0 Å². The first-order valence-corrected chi connectivity index (χ1v) is 10.1. The number of benzene rings is 3. The molecule has 0 atom stereocenters. The maximum absolute atomic E-state index is 5.31. The molecule has 0 bridgehead atoms. The number of hydrogen-bond acceptors (Lipinski definition) is 1. The summed E-state index contributed by atoms with van der Waals surface area (Å²) in [5.74, 6) is 0.890. The molecule has 122 valence electrons. The molecule has 0 amide bonds. The van der Waals surface area contributed by atoms with Crippen LogP contribution in [-0.2, 0) is 0 Å². The van der Waals surface area contributed by atoms with E-state index in [1.54, 1.807) is 7.11 Å². The van der Waals surface area contributed by atoms with Crippen molar-refractivity contribution >= 4 is 14.5 Å². The van der Waals surface area contributed by atoms with Crippen LogP contribution in [0.25, 0.3) is 32.3 Å². The van der Waals surface area contributed by atoms with Crippen LogP contribution in [0.2, 0.25) is 0 Å². The number of hydrogen-bond donors (Lipinski definition) is 0. The minimum absolute atomic E-state index is 0.321. The molecule has 4 aromatic rings. The second kappa shape index (κ2) is 7.14. The molecular weight excluding hydrogens is 371 g/mol. The number of ether oxygens (including phenoxy) is 1. The number of rotatable bonds is 4. The molecule has 0 N–H and O–H groups in total. The van der Waals surface area contributed by atoms with E-state index in [1.807, 2.05) is 12.1 Å². The summed E-state index contributed by atoms with van der Waals surface area (Å²) in [4.78, 5) is 2.40. The third kappa shape index (κ3) is 3.19. The Labute approximate surface area is 154 Å². The van der Waals surface area contributed by atoms with Gasteiger partial charge in [-0.1, -0.05) is 0 Å². The van der Waals surface area contributed by atoms with Crippen LogP contribution in [0.15, 0.2) is 89.9 Å². The molecule has 0 fully saturated rings. The molecular formula is C23H18OSe. The van der Waals surface area contributed by atoms with Gasteiger partial charge < -0.3 is 0 Å². The molecule has 0 unspecified atom stereocenters. The second-order valence-corrected chi connectivity index (χ2v) is 7.66. The van der Waals surface area contributed by atoms with Gasteiger partial charge in [0.15, 0.2) is 0 Å².